The molecule has 0 bridgehead atoms. The number of rotatable bonds is 5. The minimum Gasteiger partial charge on any atom is -0.354 e. The second kappa shape index (κ2) is 8.05. The van der Waals surface area contributed by atoms with Gasteiger partial charge in [-0.1, -0.05) is 36.4 Å². The molecular formula is C22H24N4O3. The van der Waals surface area contributed by atoms with Crippen LogP contribution in [0.5, 0.6) is 0 Å². The van der Waals surface area contributed by atoms with Crippen LogP contribution in [0.25, 0.3) is 0 Å². The van der Waals surface area contributed by atoms with E-state index in [1.165, 1.54) is 0 Å². The van der Waals surface area contributed by atoms with Gasteiger partial charge in [-0.2, -0.15) is 5.10 Å². The molecule has 2 unspecified atom stereocenters. The van der Waals surface area contributed by atoms with E-state index in [0.717, 1.165) is 28.1 Å². The molecule has 2 aromatic carbocycles. The third-order valence-corrected chi connectivity index (χ3v) is 5.24. The summed E-state index contributed by atoms with van der Waals surface area (Å²) in [6.45, 7) is 4.24. The van der Waals surface area contributed by atoms with Crippen LogP contribution in [0.1, 0.15) is 37.0 Å². The fourth-order valence-electron chi connectivity index (χ4n) is 3.76. The maximum Gasteiger partial charge on any atom is 0.335 e. The lowest BCUT2D eigenvalue weighted by Gasteiger charge is -2.34. The first-order chi connectivity index (χ1) is 14.0. The van der Waals surface area contributed by atoms with Gasteiger partial charge in [0, 0.05) is 17.7 Å². The number of fused-ring (bicyclic) bond motifs is 1. The Hall–Kier alpha value is -3.19. The molecule has 2 heterocycles. The smallest absolute Gasteiger partial charge is 0.335 e. The number of aryl methyl sites for hydroxylation is 1. The average Bonchev–Trinajstić information content (AvgIpc) is 2.72. The highest BCUT2D eigenvalue weighted by Crippen LogP contribution is 2.31. The van der Waals surface area contributed by atoms with E-state index in [2.05, 4.69) is 15.8 Å². The summed E-state index contributed by atoms with van der Waals surface area (Å²) in [6.07, 6.45) is 0.734. The normalized spacial score (nSPS) is 19.7. The van der Waals surface area contributed by atoms with Crippen molar-refractivity contribution in [3.05, 3.63) is 65.2 Å². The van der Waals surface area contributed by atoms with E-state index in [-0.39, 0.29) is 24.2 Å². The Bertz CT molecular complexity index is 958. The van der Waals surface area contributed by atoms with Gasteiger partial charge in [-0.3, -0.25) is 9.69 Å². The van der Waals surface area contributed by atoms with Crippen LogP contribution >= 0.6 is 0 Å². The number of urea groups is 1. The molecule has 2 aromatic rings. The zero-order valence-corrected chi connectivity index (χ0v) is 16.5. The Morgan fingerprint density at radius 1 is 1.17 bits per heavy atom. The highest BCUT2D eigenvalue weighted by atomic mass is 16.5. The summed E-state index contributed by atoms with van der Waals surface area (Å²) in [7, 11) is 0. The maximum absolute atomic E-state index is 12.6. The number of ether oxygens (including phenoxy) is 1. The van der Waals surface area contributed by atoms with Crippen molar-refractivity contribution in [2.75, 3.05) is 4.90 Å². The number of amides is 3. The molecule has 0 radical (unpaired) electrons. The van der Waals surface area contributed by atoms with E-state index in [1.807, 2.05) is 62.4 Å². The number of carbonyl (C=O) groups excluding carboxylic acids is 2. The number of anilines is 1. The van der Waals surface area contributed by atoms with Crippen molar-refractivity contribution >= 4 is 23.3 Å². The largest absolute Gasteiger partial charge is 0.354 e. The molecule has 29 heavy (non-hydrogen) atoms. The molecule has 2 aliphatic heterocycles. The van der Waals surface area contributed by atoms with Crippen molar-refractivity contribution in [1.29, 1.82) is 0 Å². The highest BCUT2D eigenvalue weighted by molar-refractivity contribution is 6.08. The maximum atomic E-state index is 12.6. The summed E-state index contributed by atoms with van der Waals surface area (Å²) < 4.78 is 5.99. The van der Waals surface area contributed by atoms with Crippen molar-refractivity contribution in [3.63, 3.8) is 0 Å². The van der Waals surface area contributed by atoms with Crippen molar-refractivity contribution in [3.8, 4) is 0 Å². The Morgan fingerprint density at radius 2 is 1.97 bits per heavy atom. The predicted octanol–water partition coefficient (Wildman–Crippen LogP) is 2.93. The SMILES string of the molecule is CC1NC(=O)NN=C1c1ccc2c(c1)CCC(=O)N2C(C)OCc1ccccc1. The van der Waals surface area contributed by atoms with Crippen LogP contribution in [-0.2, 0) is 22.6 Å². The molecule has 3 amide bonds. The molecule has 7 nitrogen and oxygen atoms in total. The van der Waals surface area contributed by atoms with Crippen molar-refractivity contribution in [2.24, 2.45) is 5.10 Å². The molecule has 2 aliphatic rings. The lowest BCUT2D eigenvalue weighted by atomic mass is 9.95. The first kappa shape index (κ1) is 19.1. The number of nitrogens with one attached hydrogen (secondary N) is 2. The number of nitrogens with zero attached hydrogens (tertiary/aromatic N) is 2. The molecule has 2 atom stereocenters. The second-order valence-electron chi connectivity index (χ2n) is 7.31. The van der Waals surface area contributed by atoms with E-state index in [1.54, 1.807) is 4.90 Å². The van der Waals surface area contributed by atoms with E-state index in [4.69, 9.17) is 4.74 Å². The van der Waals surface area contributed by atoms with Crippen LogP contribution < -0.4 is 15.6 Å². The van der Waals surface area contributed by atoms with Crippen LogP contribution in [0, 0.1) is 0 Å². The van der Waals surface area contributed by atoms with Gasteiger partial charge in [-0.25, -0.2) is 10.2 Å². The van der Waals surface area contributed by atoms with Gasteiger partial charge in [0.05, 0.1) is 18.4 Å². The molecule has 7 heteroatoms. The van der Waals surface area contributed by atoms with Gasteiger partial charge in [0.2, 0.25) is 5.91 Å². The van der Waals surface area contributed by atoms with Gasteiger partial charge in [-0.05, 0) is 43.5 Å². The van der Waals surface area contributed by atoms with Crippen LogP contribution in [0.15, 0.2) is 53.6 Å². The molecule has 0 spiro atoms. The fourth-order valence-corrected chi connectivity index (χ4v) is 3.76. The third-order valence-electron chi connectivity index (χ3n) is 5.24. The van der Waals surface area contributed by atoms with Gasteiger partial charge in [0.15, 0.2) is 0 Å². The minimum absolute atomic E-state index is 0.0584. The number of hydrazone groups is 1. The second-order valence-corrected chi connectivity index (χ2v) is 7.31. The number of hydrogen-bond acceptors (Lipinski definition) is 4. The third kappa shape index (κ3) is 4.00. The van der Waals surface area contributed by atoms with E-state index >= 15 is 0 Å². The first-order valence-corrected chi connectivity index (χ1v) is 9.78. The van der Waals surface area contributed by atoms with Crippen LogP contribution in [0.4, 0.5) is 10.5 Å². The van der Waals surface area contributed by atoms with E-state index in [9.17, 15) is 9.59 Å². The number of carbonyl (C=O) groups is 2. The Balaban J connectivity index is 1.55. The summed E-state index contributed by atoms with van der Waals surface area (Å²) in [4.78, 5) is 25.8. The average molecular weight is 392 g/mol. The molecule has 0 fully saturated rings. The topological polar surface area (TPSA) is 83.0 Å². The summed E-state index contributed by atoms with van der Waals surface area (Å²) in [6, 6.07) is 15.3. The quantitative estimate of drug-likeness (QED) is 0.821. The standard InChI is InChI=1S/C22H24N4O3/c1-14-21(24-25-22(28)23-14)18-8-10-19-17(12-18)9-11-20(27)26(19)15(2)29-13-16-6-4-3-5-7-16/h3-8,10,12,14-15H,9,11,13H2,1-2H3,(H2,23,25,28). The van der Waals surface area contributed by atoms with Crippen molar-refractivity contribution in [2.45, 2.75) is 45.6 Å². The van der Waals surface area contributed by atoms with Crippen LogP contribution in [0.3, 0.4) is 0 Å². The lowest BCUT2D eigenvalue weighted by Crippen LogP contribution is -2.48. The van der Waals surface area contributed by atoms with Gasteiger partial charge < -0.3 is 10.1 Å². The zero-order valence-electron chi connectivity index (χ0n) is 16.5. The van der Waals surface area contributed by atoms with Crippen LogP contribution in [-0.4, -0.2) is 29.9 Å². The van der Waals surface area contributed by atoms with Gasteiger partial charge >= 0.3 is 6.03 Å². The number of hydrogen-bond donors (Lipinski definition) is 2. The summed E-state index contributed by atoms with van der Waals surface area (Å²) in [5, 5.41) is 7.00. The molecule has 4 rings (SSSR count). The Morgan fingerprint density at radius 3 is 2.72 bits per heavy atom. The Kier molecular flexibility index (Phi) is 5.31. The van der Waals surface area contributed by atoms with Gasteiger partial charge in [0.1, 0.15) is 6.23 Å². The molecule has 0 saturated carbocycles. The van der Waals surface area contributed by atoms with E-state index < -0.39 is 0 Å². The summed E-state index contributed by atoms with van der Waals surface area (Å²) in [5.41, 5.74) is 7.16. The molecule has 150 valence electrons. The fraction of sp³-hybridized carbons (Fsp3) is 0.318. The molecule has 0 saturated heterocycles. The van der Waals surface area contributed by atoms with E-state index in [0.29, 0.717) is 19.4 Å². The number of benzene rings is 2. The Labute approximate surface area is 169 Å². The van der Waals surface area contributed by atoms with Gasteiger partial charge in [-0.15, -0.1) is 0 Å². The highest BCUT2D eigenvalue weighted by Gasteiger charge is 2.30. The molecular weight excluding hydrogens is 368 g/mol. The lowest BCUT2D eigenvalue weighted by molar-refractivity contribution is -0.121. The predicted molar refractivity (Wildman–Crippen MR) is 111 cm³/mol. The van der Waals surface area contributed by atoms with Gasteiger partial charge in [0.25, 0.3) is 0 Å². The van der Waals surface area contributed by atoms with Crippen LogP contribution in [0.2, 0.25) is 0 Å². The minimum atomic E-state index is -0.375. The molecule has 0 aromatic heterocycles. The summed E-state index contributed by atoms with van der Waals surface area (Å²) in [5.74, 6) is 0.0584. The molecule has 2 N–H and O–H groups in total. The monoisotopic (exact) mass is 392 g/mol. The van der Waals surface area contributed by atoms with Crippen molar-refractivity contribution in [1.82, 2.24) is 10.7 Å². The summed E-state index contributed by atoms with van der Waals surface area (Å²) >= 11 is 0. The zero-order chi connectivity index (χ0) is 20.4. The molecule has 0 aliphatic carbocycles. The van der Waals surface area contributed by atoms with Crippen molar-refractivity contribution < 1.29 is 14.3 Å². The first-order valence-electron chi connectivity index (χ1n) is 9.78.